The van der Waals surface area contributed by atoms with E-state index in [1.807, 2.05) is 32.6 Å². The second-order valence-electron chi connectivity index (χ2n) is 4.61. The highest BCUT2D eigenvalue weighted by molar-refractivity contribution is 8.25. The molecule has 0 aromatic heterocycles. The zero-order valence-corrected chi connectivity index (χ0v) is 13.7. The number of nitrogens with zero attached hydrogens (tertiary/aromatic N) is 3. The van der Waals surface area contributed by atoms with E-state index in [9.17, 15) is 8.42 Å². The van der Waals surface area contributed by atoms with Gasteiger partial charge in [-0.05, 0) is 39.9 Å². The Bertz CT molecular complexity index is 449. The normalized spacial score (nSPS) is 21.1. The van der Waals surface area contributed by atoms with E-state index in [1.54, 1.807) is 0 Å². The second-order valence-corrected chi connectivity index (χ2v) is 8.29. The van der Waals surface area contributed by atoms with Gasteiger partial charge < -0.3 is 4.90 Å². The van der Waals surface area contributed by atoms with Crippen LogP contribution in [0.25, 0.3) is 0 Å². The fourth-order valence-corrected chi connectivity index (χ4v) is 5.02. The summed E-state index contributed by atoms with van der Waals surface area (Å²) in [7, 11) is -1.69. The van der Waals surface area contributed by atoms with Gasteiger partial charge >= 0.3 is 0 Å². The molecular weight excluding hydrogens is 290 g/mol. The maximum absolute atomic E-state index is 11.6. The predicted molar refractivity (Wildman–Crippen MR) is 81.3 cm³/mol. The molecule has 0 aromatic rings. The Morgan fingerprint density at radius 2 is 1.89 bits per heavy atom. The molecule has 0 aromatic carbocycles. The van der Waals surface area contributed by atoms with Gasteiger partial charge in [-0.2, -0.15) is 4.99 Å². The van der Waals surface area contributed by atoms with Crippen molar-refractivity contribution in [3.63, 3.8) is 0 Å². The number of hydrogen-bond donors (Lipinski definition) is 0. The maximum Gasteiger partial charge on any atom is 0.246 e. The Morgan fingerprint density at radius 1 is 1.39 bits per heavy atom. The van der Waals surface area contributed by atoms with Crippen molar-refractivity contribution in [2.75, 3.05) is 12.1 Å². The predicted octanol–water partition coefficient (Wildman–Crippen LogP) is 1.71. The molecular formula is C10H19N3O2S3. The molecule has 0 saturated carbocycles. The van der Waals surface area contributed by atoms with Gasteiger partial charge in [0.2, 0.25) is 10.0 Å². The Balaban J connectivity index is 2.93. The minimum absolute atomic E-state index is 0.0360. The summed E-state index contributed by atoms with van der Waals surface area (Å²) in [5, 5.41) is 0.923. The van der Waals surface area contributed by atoms with Crippen molar-refractivity contribution >= 4 is 44.3 Å². The number of thiocarbonyl (C=S) groups is 1. The molecule has 5 nitrogen and oxygen atoms in total. The van der Waals surface area contributed by atoms with Gasteiger partial charge in [0.15, 0.2) is 10.3 Å². The van der Waals surface area contributed by atoms with Crippen molar-refractivity contribution < 1.29 is 8.42 Å². The van der Waals surface area contributed by atoms with E-state index in [0.717, 1.165) is 0 Å². The zero-order valence-electron chi connectivity index (χ0n) is 11.2. The summed E-state index contributed by atoms with van der Waals surface area (Å²) in [4.78, 5) is 6.27. The summed E-state index contributed by atoms with van der Waals surface area (Å²) >= 11 is 6.50. The van der Waals surface area contributed by atoms with Crippen LogP contribution < -0.4 is 0 Å². The largest absolute Gasteiger partial charge is 0.343 e. The highest BCUT2D eigenvalue weighted by Crippen LogP contribution is 2.24. The molecule has 1 aliphatic heterocycles. The van der Waals surface area contributed by atoms with Crippen LogP contribution in [0.4, 0.5) is 0 Å². The number of aliphatic imine (C=N–C) groups is 1. The number of rotatable bonds is 2. The molecule has 0 bridgehead atoms. The van der Waals surface area contributed by atoms with Gasteiger partial charge in [0.25, 0.3) is 0 Å². The Kier molecular flexibility index (Phi) is 5.02. The highest BCUT2D eigenvalue weighted by atomic mass is 32.3. The highest BCUT2D eigenvalue weighted by Gasteiger charge is 2.31. The van der Waals surface area contributed by atoms with Gasteiger partial charge in [0.1, 0.15) is 5.08 Å². The monoisotopic (exact) mass is 309 g/mol. The molecule has 0 radical (unpaired) electrons. The molecule has 1 rings (SSSR count). The van der Waals surface area contributed by atoms with E-state index in [4.69, 9.17) is 12.2 Å². The summed E-state index contributed by atoms with van der Waals surface area (Å²) in [6.07, 6.45) is 0. The Morgan fingerprint density at radius 3 is 2.22 bits per heavy atom. The van der Waals surface area contributed by atoms with E-state index in [1.165, 1.54) is 23.1 Å². The van der Waals surface area contributed by atoms with Crippen molar-refractivity contribution in [1.29, 1.82) is 0 Å². The van der Waals surface area contributed by atoms with Gasteiger partial charge in [-0.15, -0.1) is 0 Å². The molecule has 0 unspecified atom stereocenters. The lowest BCUT2D eigenvalue weighted by Crippen LogP contribution is -2.41. The Hall–Kier alpha value is -0.340. The summed E-state index contributed by atoms with van der Waals surface area (Å²) < 4.78 is 24.3. The first-order valence-electron chi connectivity index (χ1n) is 5.67. The summed E-state index contributed by atoms with van der Waals surface area (Å²) in [6.45, 7) is 8.15. The van der Waals surface area contributed by atoms with Crippen LogP contribution in [-0.4, -0.2) is 52.1 Å². The molecule has 0 spiro atoms. The molecule has 1 fully saturated rings. The molecule has 1 heterocycles. The van der Waals surface area contributed by atoms with E-state index in [0.29, 0.717) is 10.3 Å². The maximum atomic E-state index is 11.6. The van der Waals surface area contributed by atoms with Crippen molar-refractivity contribution in [3.8, 4) is 0 Å². The lowest BCUT2D eigenvalue weighted by molar-refractivity contribution is 0.294. The average molecular weight is 309 g/mol. The first-order valence-corrected chi connectivity index (χ1v) is 8.67. The SMILES string of the molecule is CC(C)N(C(=S)/N=C1/SCS(=O)(=O)N1C)C(C)C. The number of amidine groups is 1. The van der Waals surface area contributed by atoms with E-state index < -0.39 is 10.0 Å². The van der Waals surface area contributed by atoms with Crippen LogP contribution in [0, 0.1) is 0 Å². The fraction of sp³-hybridized carbons (Fsp3) is 0.800. The minimum atomic E-state index is -3.20. The van der Waals surface area contributed by atoms with Crippen molar-refractivity contribution in [3.05, 3.63) is 0 Å². The quantitative estimate of drug-likeness (QED) is 0.727. The molecule has 0 amide bonds. The second kappa shape index (κ2) is 5.75. The summed E-state index contributed by atoms with van der Waals surface area (Å²) in [6, 6.07) is 0.463. The third-order valence-electron chi connectivity index (χ3n) is 2.55. The van der Waals surface area contributed by atoms with Crippen LogP contribution in [0.15, 0.2) is 4.99 Å². The van der Waals surface area contributed by atoms with E-state index in [-0.39, 0.29) is 17.2 Å². The van der Waals surface area contributed by atoms with Gasteiger partial charge in [0, 0.05) is 19.1 Å². The molecule has 104 valence electrons. The molecule has 0 N–H and O–H groups in total. The van der Waals surface area contributed by atoms with Crippen LogP contribution >= 0.6 is 24.0 Å². The smallest absolute Gasteiger partial charge is 0.246 e. The third-order valence-corrected chi connectivity index (χ3v) is 6.26. The number of thioether (sulfide) groups is 1. The van der Waals surface area contributed by atoms with Crippen molar-refractivity contribution in [2.45, 2.75) is 39.8 Å². The van der Waals surface area contributed by atoms with Gasteiger partial charge in [-0.25, -0.2) is 8.42 Å². The third kappa shape index (κ3) is 3.36. The van der Waals surface area contributed by atoms with E-state index in [2.05, 4.69) is 4.99 Å². The standard InChI is InChI=1S/C10H19N3O2S3/c1-7(2)13(8(3)4)9(16)11-10-12(5)18(14,15)6-17-10/h7-8H,6H2,1-5H3/b11-10+. The topological polar surface area (TPSA) is 53.0 Å². The number of hydrogen-bond acceptors (Lipinski definition) is 4. The van der Waals surface area contributed by atoms with Crippen LogP contribution in [0.5, 0.6) is 0 Å². The van der Waals surface area contributed by atoms with Gasteiger partial charge in [0.05, 0.1) is 0 Å². The van der Waals surface area contributed by atoms with Gasteiger partial charge in [-0.3, -0.25) is 4.31 Å². The lowest BCUT2D eigenvalue weighted by atomic mass is 10.2. The molecule has 0 aliphatic carbocycles. The van der Waals surface area contributed by atoms with Crippen molar-refractivity contribution in [1.82, 2.24) is 9.21 Å². The lowest BCUT2D eigenvalue weighted by Gasteiger charge is -2.31. The van der Waals surface area contributed by atoms with Crippen molar-refractivity contribution in [2.24, 2.45) is 4.99 Å². The van der Waals surface area contributed by atoms with Crippen LogP contribution in [0.3, 0.4) is 0 Å². The molecule has 1 saturated heterocycles. The Labute approximate surface area is 119 Å². The fourth-order valence-electron chi connectivity index (χ4n) is 1.70. The summed E-state index contributed by atoms with van der Waals surface area (Å²) in [5.74, 6) is 0. The molecule has 18 heavy (non-hydrogen) atoms. The van der Waals surface area contributed by atoms with E-state index >= 15 is 0 Å². The average Bonchev–Trinajstić information content (AvgIpc) is 2.44. The first kappa shape index (κ1) is 15.7. The minimum Gasteiger partial charge on any atom is -0.343 e. The van der Waals surface area contributed by atoms with Gasteiger partial charge in [-0.1, -0.05) is 11.8 Å². The summed E-state index contributed by atoms with van der Waals surface area (Å²) in [5.41, 5.74) is 0. The number of sulfonamides is 1. The van der Waals surface area contributed by atoms with Crippen LogP contribution in [-0.2, 0) is 10.0 Å². The van der Waals surface area contributed by atoms with Crippen LogP contribution in [0.2, 0.25) is 0 Å². The molecule has 1 aliphatic rings. The zero-order chi connectivity index (χ0) is 14.1. The van der Waals surface area contributed by atoms with Crippen LogP contribution in [0.1, 0.15) is 27.7 Å². The molecule has 0 atom stereocenters. The molecule has 8 heteroatoms. The first-order chi connectivity index (χ1) is 8.16.